The third-order valence-electron chi connectivity index (χ3n) is 7.01. The van der Waals surface area contributed by atoms with Gasteiger partial charge in [-0.1, -0.05) is 56.3 Å². The van der Waals surface area contributed by atoms with E-state index in [2.05, 4.69) is 0 Å². The summed E-state index contributed by atoms with van der Waals surface area (Å²) in [6.45, 7) is 8.03. The number of ketones is 1. The first kappa shape index (κ1) is 26.0. The fourth-order valence-corrected chi connectivity index (χ4v) is 5.00. The van der Waals surface area contributed by atoms with E-state index in [-0.39, 0.29) is 23.8 Å². The van der Waals surface area contributed by atoms with Crippen molar-refractivity contribution in [2.75, 3.05) is 14.2 Å². The number of aliphatic hydroxyl groups excluding tert-OH is 1. The zero-order chi connectivity index (χ0) is 26.9. The number of aliphatic hydroxyl groups is 1. The van der Waals surface area contributed by atoms with E-state index in [1.807, 2.05) is 88.4 Å². The lowest BCUT2D eigenvalue weighted by atomic mass is 9.89. The number of likely N-dealkylation sites (tertiary alicyclic amines) is 1. The quantitative estimate of drug-likeness (QED) is 0.243. The van der Waals surface area contributed by atoms with Crippen molar-refractivity contribution in [1.29, 1.82) is 0 Å². The molecule has 3 aromatic carbocycles. The van der Waals surface area contributed by atoms with Crippen LogP contribution in [-0.2, 0) is 16.1 Å². The second-order valence-corrected chi connectivity index (χ2v) is 9.66. The number of benzene rings is 3. The smallest absolute Gasteiger partial charge is 0.295 e. The Balaban J connectivity index is 1.94. The number of hydrogen-bond acceptors (Lipinski definition) is 5. The van der Waals surface area contributed by atoms with Crippen LogP contribution in [0.3, 0.4) is 0 Å². The molecule has 6 nitrogen and oxygen atoms in total. The highest BCUT2D eigenvalue weighted by atomic mass is 16.5. The number of carbonyl (C=O) groups is 2. The predicted octanol–water partition coefficient (Wildman–Crippen LogP) is 6.07. The highest BCUT2D eigenvalue weighted by molar-refractivity contribution is 6.46. The number of hydrogen-bond donors (Lipinski definition) is 1. The molecule has 1 atom stereocenters. The second kappa shape index (κ2) is 10.5. The molecule has 192 valence electrons. The number of carbonyl (C=O) groups excluding carboxylic acids is 2. The minimum atomic E-state index is -0.755. The fraction of sp³-hybridized carbons (Fsp3) is 0.290. The van der Waals surface area contributed by atoms with Gasteiger partial charge in [-0.05, 0) is 60.2 Å². The average Bonchev–Trinajstić information content (AvgIpc) is 3.13. The number of amides is 1. The summed E-state index contributed by atoms with van der Waals surface area (Å²) in [6.07, 6.45) is 0. The van der Waals surface area contributed by atoms with Crippen LogP contribution in [0.4, 0.5) is 0 Å². The van der Waals surface area contributed by atoms with Crippen molar-refractivity contribution < 1.29 is 24.2 Å². The molecule has 1 unspecified atom stereocenters. The van der Waals surface area contributed by atoms with Gasteiger partial charge in [0, 0.05) is 11.1 Å². The van der Waals surface area contributed by atoms with Gasteiger partial charge in [0.2, 0.25) is 0 Å². The van der Waals surface area contributed by atoms with Gasteiger partial charge in [-0.3, -0.25) is 9.59 Å². The molecule has 3 aromatic rings. The molecule has 1 heterocycles. The predicted molar refractivity (Wildman–Crippen MR) is 144 cm³/mol. The standard InChI is InChI=1S/C31H33NO5/c1-18(2)23-16-24(20(4)15-26(23)37-6)29(33)27-28(22-13-9-7-11-19(22)3)32(31(35)30(27)34)17-21-12-8-10-14-25(21)36-5/h7-16,18,28,33H,17H2,1-6H3/b29-27+. The third-order valence-corrected chi connectivity index (χ3v) is 7.01. The van der Waals surface area contributed by atoms with Gasteiger partial charge >= 0.3 is 0 Å². The fourth-order valence-electron chi connectivity index (χ4n) is 5.00. The molecular formula is C31H33NO5. The maximum absolute atomic E-state index is 13.6. The lowest BCUT2D eigenvalue weighted by Gasteiger charge is -2.27. The van der Waals surface area contributed by atoms with Crippen LogP contribution in [0.2, 0.25) is 0 Å². The van der Waals surface area contributed by atoms with Crippen molar-refractivity contribution >= 4 is 17.4 Å². The van der Waals surface area contributed by atoms with Gasteiger partial charge in [-0.2, -0.15) is 0 Å². The Morgan fingerprint density at radius 1 is 0.919 bits per heavy atom. The molecule has 1 amide bonds. The van der Waals surface area contributed by atoms with Crippen molar-refractivity contribution in [3.8, 4) is 11.5 Å². The number of para-hydroxylation sites is 1. The average molecular weight is 500 g/mol. The van der Waals surface area contributed by atoms with Gasteiger partial charge in [0.25, 0.3) is 11.7 Å². The molecule has 0 bridgehead atoms. The first-order chi connectivity index (χ1) is 17.7. The Bertz CT molecular complexity index is 1390. The third kappa shape index (κ3) is 4.71. The molecule has 0 aromatic heterocycles. The summed E-state index contributed by atoms with van der Waals surface area (Å²) >= 11 is 0. The first-order valence-electron chi connectivity index (χ1n) is 12.3. The molecule has 37 heavy (non-hydrogen) atoms. The van der Waals surface area contributed by atoms with Crippen LogP contribution in [0.15, 0.2) is 66.2 Å². The Morgan fingerprint density at radius 2 is 1.57 bits per heavy atom. The molecule has 6 heteroatoms. The summed E-state index contributed by atoms with van der Waals surface area (Å²) in [6, 6.07) is 18.0. The zero-order valence-corrected chi connectivity index (χ0v) is 22.2. The van der Waals surface area contributed by atoms with E-state index in [1.54, 1.807) is 14.2 Å². The molecule has 1 saturated heterocycles. The molecule has 0 spiro atoms. The summed E-state index contributed by atoms with van der Waals surface area (Å²) in [5.74, 6) is -0.0760. The molecule has 0 radical (unpaired) electrons. The summed E-state index contributed by atoms with van der Waals surface area (Å²) in [5, 5.41) is 11.7. The van der Waals surface area contributed by atoms with Crippen molar-refractivity contribution in [1.82, 2.24) is 4.90 Å². The number of aryl methyl sites for hydroxylation is 2. The normalized spacial score (nSPS) is 16.9. The number of nitrogens with zero attached hydrogens (tertiary/aromatic N) is 1. The van der Waals surface area contributed by atoms with Gasteiger partial charge in [0.1, 0.15) is 17.3 Å². The molecule has 1 aliphatic rings. The van der Waals surface area contributed by atoms with Gasteiger partial charge in [-0.15, -0.1) is 0 Å². The number of Topliss-reactive ketones (excluding diaryl/α,β-unsaturated/α-hetero) is 1. The molecule has 1 N–H and O–H groups in total. The first-order valence-corrected chi connectivity index (χ1v) is 12.3. The summed E-state index contributed by atoms with van der Waals surface area (Å²) < 4.78 is 11.1. The molecule has 4 rings (SSSR count). The van der Waals surface area contributed by atoms with E-state index in [0.717, 1.165) is 33.6 Å². The zero-order valence-electron chi connectivity index (χ0n) is 22.2. The van der Waals surface area contributed by atoms with E-state index < -0.39 is 17.7 Å². The van der Waals surface area contributed by atoms with Crippen molar-refractivity contribution in [3.05, 3.63) is 99.6 Å². The van der Waals surface area contributed by atoms with Gasteiger partial charge < -0.3 is 19.5 Å². The van der Waals surface area contributed by atoms with E-state index in [9.17, 15) is 14.7 Å². The number of rotatable bonds is 7. The summed E-state index contributed by atoms with van der Waals surface area (Å²) in [4.78, 5) is 28.6. The van der Waals surface area contributed by atoms with Crippen LogP contribution < -0.4 is 9.47 Å². The largest absolute Gasteiger partial charge is 0.507 e. The van der Waals surface area contributed by atoms with Crippen LogP contribution in [-0.4, -0.2) is 35.9 Å². The maximum Gasteiger partial charge on any atom is 0.295 e. The van der Waals surface area contributed by atoms with Crippen LogP contribution in [0, 0.1) is 13.8 Å². The van der Waals surface area contributed by atoms with E-state index in [1.165, 1.54) is 4.90 Å². The SMILES string of the molecule is COc1ccccc1CN1C(=O)C(=O)/C(=C(/O)c2cc(C(C)C)c(OC)cc2C)C1c1ccccc1C. The molecule has 1 fully saturated rings. The van der Waals surface area contributed by atoms with Crippen LogP contribution >= 0.6 is 0 Å². The number of ether oxygens (including phenoxy) is 2. The highest BCUT2D eigenvalue weighted by Crippen LogP contribution is 2.43. The Morgan fingerprint density at radius 3 is 2.22 bits per heavy atom. The number of methoxy groups -OCH3 is 2. The Labute approximate surface area is 218 Å². The van der Waals surface area contributed by atoms with Crippen LogP contribution in [0.5, 0.6) is 11.5 Å². The Kier molecular flexibility index (Phi) is 7.39. The monoisotopic (exact) mass is 499 g/mol. The van der Waals surface area contributed by atoms with E-state index >= 15 is 0 Å². The van der Waals surface area contributed by atoms with Crippen molar-refractivity contribution in [3.63, 3.8) is 0 Å². The lowest BCUT2D eigenvalue weighted by Crippen LogP contribution is -2.29. The lowest BCUT2D eigenvalue weighted by molar-refractivity contribution is -0.140. The summed E-state index contributed by atoms with van der Waals surface area (Å²) in [5.41, 5.74) is 4.72. The topological polar surface area (TPSA) is 76.1 Å². The molecular weight excluding hydrogens is 466 g/mol. The van der Waals surface area contributed by atoms with Gasteiger partial charge in [0.05, 0.1) is 32.4 Å². The second-order valence-electron chi connectivity index (χ2n) is 9.66. The minimum absolute atomic E-state index is 0.0807. The van der Waals surface area contributed by atoms with Gasteiger partial charge in [-0.25, -0.2) is 0 Å². The molecule has 1 aliphatic heterocycles. The maximum atomic E-state index is 13.6. The minimum Gasteiger partial charge on any atom is -0.507 e. The van der Waals surface area contributed by atoms with Crippen LogP contribution in [0.25, 0.3) is 5.76 Å². The van der Waals surface area contributed by atoms with Crippen molar-refractivity contribution in [2.24, 2.45) is 0 Å². The van der Waals surface area contributed by atoms with E-state index in [0.29, 0.717) is 11.3 Å². The van der Waals surface area contributed by atoms with E-state index in [4.69, 9.17) is 9.47 Å². The van der Waals surface area contributed by atoms with Crippen LogP contribution in [0.1, 0.15) is 59.2 Å². The highest BCUT2D eigenvalue weighted by Gasteiger charge is 2.46. The molecule has 0 saturated carbocycles. The van der Waals surface area contributed by atoms with Gasteiger partial charge in [0.15, 0.2) is 0 Å². The van der Waals surface area contributed by atoms with Crippen molar-refractivity contribution in [2.45, 2.75) is 46.2 Å². The summed E-state index contributed by atoms with van der Waals surface area (Å²) in [7, 11) is 3.19. The molecule has 0 aliphatic carbocycles. The Hall–Kier alpha value is -4.06.